The van der Waals surface area contributed by atoms with Crippen molar-refractivity contribution in [2.75, 3.05) is 7.05 Å². The number of hydrogen-bond donors (Lipinski definition) is 1. The average Bonchev–Trinajstić information content (AvgIpc) is 3.46. The Morgan fingerprint density at radius 1 is 1.20 bits per heavy atom. The van der Waals surface area contributed by atoms with Crippen molar-refractivity contribution in [1.82, 2.24) is 10.2 Å². The molecular weight excluding hydrogens is 387 g/mol. The Balaban J connectivity index is 1.81. The highest BCUT2D eigenvalue weighted by Crippen LogP contribution is 2.31. The number of halogens is 2. The maximum absolute atomic E-state index is 14.1. The first-order valence-electron chi connectivity index (χ1n) is 8.06. The van der Waals surface area contributed by atoms with E-state index in [0.29, 0.717) is 16.6 Å². The quantitative estimate of drug-likeness (QED) is 0.824. The van der Waals surface area contributed by atoms with Crippen molar-refractivity contribution in [3.05, 3.63) is 69.4 Å². The van der Waals surface area contributed by atoms with Gasteiger partial charge in [-0.1, -0.05) is 28.1 Å². The van der Waals surface area contributed by atoms with Gasteiger partial charge in [0.25, 0.3) is 11.8 Å². The third kappa shape index (κ3) is 4.07. The van der Waals surface area contributed by atoms with Gasteiger partial charge in [0.2, 0.25) is 0 Å². The van der Waals surface area contributed by atoms with Crippen molar-refractivity contribution in [2.45, 2.75) is 25.4 Å². The summed E-state index contributed by atoms with van der Waals surface area (Å²) in [7, 11) is 1.58. The highest BCUT2D eigenvalue weighted by atomic mass is 79.9. The number of nitrogens with zero attached hydrogens (tertiary/aromatic N) is 1. The van der Waals surface area contributed by atoms with Gasteiger partial charge in [0.15, 0.2) is 0 Å². The van der Waals surface area contributed by atoms with Crippen LogP contribution in [-0.2, 0) is 6.54 Å². The number of hydrogen-bond acceptors (Lipinski definition) is 2. The van der Waals surface area contributed by atoms with Crippen molar-refractivity contribution in [3.63, 3.8) is 0 Å². The second-order valence-corrected chi connectivity index (χ2v) is 6.98. The summed E-state index contributed by atoms with van der Waals surface area (Å²) < 4.78 is 14.7. The van der Waals surface area contributed by atoms with Gasteiger partial charge in [-0.05, 0) is 48.7 Å². The van der Waals surface area contributed by atoms with Crippen LogP contribution in [0, 0.1) is 5.82 Å². The Morgan fingerprint density at radius 2 is 1.88 bits per heavy atom. The van der Waals surface area contributed by atoms with Gasteiger partial charge in [-0.3, -0.25) is 9.59 Å². The van der Waals surface area contributed by atoms with Gasteiger partial charge in [0.05, 0.1) is 5.56 Å². The van der Waals surface area contributed by atoms with Gasteiger partial charge in [0, 0.05) is 29.7 Å². The van der Waals surface area contributed by atoms with Gasteiger partial charge in [-0.25, -0.2) is 4.39 Å². The molecule has 0 bridgehead atoms. The Hall–Kier alpha value is -2.21. The first-order valence-corrected chi connectivity index (χ1v) is 8.86. The van der Waals surface area contributed by atoms with E-state index in [4.69, 9.17) is 0 Å². The van der Waals surface area contributed by atoms with E-state index in [9.17, 15) is 14.0 Å². The van der Waals surface area contributed by atoms with Gasteiger partial charge in [-0.15, -0.1) is 0 Å². The number of amides is 2. The molecule has 4 nitrogen and oxygen atoms in total. The molecular formula is C19H18BrFN2O2. The van der Waals surface area contributed by atoms with Gasteiger partial charge >= 0.3 is 0 Å². The molecule has 2 aromatic rings. The minimum absolute atomic E-state index is 0.0725. The number of carbonyl (C=O) groups is 2. The van der Waals surface area contributed by atoms with E-state index in [1.165, 1.54) is 12.1 Å². The van der Waals surface area contributed by atoms with Crippen LogP contribution in [0.15, 0.2) is 46.9 Å². The Bertz CT molecular complexity index is 804. The lowest BCUT2D eigenvalue weighted by atomic mass is 10.1. The predicted molar refractivity (Wildman–Crippen MR) is 96.8 cm³/mol. The summed E-state index contributed by atoms with van der Waals surface area (Å²) in [4.78, 5) is 26.1. The summed E-state index contributed by atoms with van der Waals surface area (Å²) in [5.74, 6) is -0.983. The molecule has 0 aromatic heterocycles. The summed E-state index contributed by atoms with van der Waals surface area (Å²) in [6.45, 7) is 0.392. The fourth-order valence-electron chi connectivity index (χ4n) is 2.67. The molecule has 1 fully saturated rings. The summed E-state index contributed by atoms with van der Waals surface area (Å²) in [5, 5.41) is 2.57. The minimum atomic E-state index is -0.520. The molecule has 1 saturated carbocycles. The highest BCUT2D eigenvalue weighted by molar-refractivity contribution is 9.10. The van der Waals surface area contributed by atoms with E-state index in [-0.39, 0.29) is 23.4 Å². The zero-order valence-corrected chi connectivity index (χ0v) is 15.3. The molecule has 0 saturated heterocycles. The molecule has 3 rings (SSSR count). The fourth-order valence-corrected chi connectivity index (χ4v) is 3.03. The third-order valence-corrected chi connectivity index (χ3v) is 4.70. The number of carbonyl (C=O) groups excluding carboxylic acids is 2. The minimum Gasteiger partial charge on any atom is -0.355 e. The molecule has 1 N–H and O–H groups in total. The van der Waals surface area contributed by atoms with Crippen LogP contribution in [0.4, 0.5) is 4.39 Å². The first-order chi connectivity index (χ1) is 12.0. The van der Waals surface area contributed by atoms with Crippen molar-refractivity contribution in [1.29, 1.82) is 0 Å². The van der Waals surface area contributed by atoms with E-state index in [1.54, 1.807) is 30.1 Å². The number of nitrogens with one attached hydrogen (secondary N) is 1. The van der Waals surface area contributed by atoms with Crippen molar-refractivity contribution in [2.24, 2.45) is 0 Å². The first kappa shape index (κ1) is 17.6. The lowest BCUT2D eigenvalue weighted by Gasteiger charge is -2.23. The summed E-state index contributed by atoms with van der Waals surface area (Å²) in [6, 6.07) is 11.6. The summed E-state index contributed by atoms with van der Waals surface area (Å²) in [6.07, 6.45) is 1.86. The SMILES string of the molecule is CNC(=O)c1ccc(CN(C(=O)c2cc(Br)ccc2F)C2CC2)cc1. The average molecular weight is 405 g/mol. The van der Waals surface area contributed by atoms with Gasteiger partial charge in [-0.2, -0.15) is 0 Å². The molecule has 2 aromatic carbocycles. The molecule has 0 aliphatic heterocycles. The number of rotatable bonds is 5. The van der Waals surface area contributed by atoms with Crippen LogP contribution in [-0.4, -0.2) is 29.8 Å². The molecule has 0 unspecified atom stereocenters. The van der Waals surface area contributed by atoms with Crippen LogP contribution in [0.3, 0.4) is 0 Å². The maximum atomic E-state index is 14.1. The maximum Gasteiger partial charge on any atom is 0.257 e. The monoisotopic (exact) mass is 404 g/mol. The molecule has 6 heteroatoms. The second-order valence-electron chi connectivity index (χ2n) is 6.06. The molecule has 0 atom stereocenters. The molecule has 130 valence electrons. The Labute approximate surface area is 154 Å². The Kier molecular flexibility index (Phi) is 5.18. The van der Waals surface area contributed by atoms with Crippen LogP contribution in [0.5, 0.6) is 0 Å². The van der Waals surface area contributed by atoms with Crippen LogP contribution in [0.1, 0.15) is 39.1 Å². The normalized spacial score (nSPS) is 13.4. The van der Waals surface area contributed by atoms with E-state index in [1.807, 2.05) is 12.1 Å². The Morgan fingerprint density at radius 3 is 2.48 bits per heavy atom. The van der Waals surface area contributed by atoms with Crippen LogP contribution < -0.4 is 5.32 Å². The summed E-state index contributed by atoms with van der Waals surface area (Å²) >= 11 is 3.29. The van der Waals surface area contributed by atoms with Crippen LogP contribution >= 0.6 is 15.9 Å². The lowest BCUT2D eigenvalue weighted by Crippen LogP contribution is -2.33. The second kappa shape index (κ2) is 7.35. The zero-order valence-electron chi connectivity index (χ0n) is 13.8. The molecule has 1 aliphatic rings. The number of benzene rings is 2. The molecule has 1 aliphatic carbocycles. The third-order valence-electron chi connectivity index (χ3n) is 4.20. The van der Waals surface area contributed by atoms with Gasteiger partial charge < -0.3 is 10.2 Å². The van der Waals surface area contributed by atoms with Crippen molar-refractivity contribution >= 4 is 27.7 Å². The van der Waals surface area contributed by atoms with E-state index in [2.05, 4.69) is 21.2 Å². The van der Waals surface area contributed by atoms with E-state index in [0.717, 1.165) is 18.4 Å². The topological polar surface area (TPSA) is 49.4 Å². The van der Waals surface area contributed by atoms with Crippen LogP contribution in [0.2, 0.25) is 0 Å². The molecule has 2 amide bonds. The molecule has 25 heavy (non-hydrogen) atoms. The fraction of sp³-hybridized carbons (Fsp3) is 0.263. The van der Waals surface area contributed by atoms with Crippen molar-refractivity contribution in [3.8, 4) is 0 Å². The van der Waals surface area contributed by atoms with Crippen molar-refractivity contribution < 1.29 is 14.0 Å². The summed E-state index contributed by atoms with van der Waals surface area (Å²) in [5.41, 5.74) is 1.54. The van der Waals surface area contributed by atoms with E-state index < -0.39 is 5.82 Å². The van der Waals surface area contributed by atoms with Crippen LogP contribution in [0.25, 0.3) is 0 Å². The van der Waals surface area contributed by atoms with Gasteiger partial charge in [0.1, 0.15) is 5.82 Å². The largest absolute Gasteiger partial charge is 0.355 e. The smallest absolute Gasteiger partial charge is 0.257 e. The zero-order chi connectivity index (χ0) is 18.0. The molecule has 0 spiro atoms. The molecule has 0 heterocycles. The van der Waals surface area contributed by atoms with E-state index >= 15 is 0 Å². The predicted octanol–water partition coefficient (Wildman–Crippen LogP) is 3.75. The molecule has 0 radical (unpaired) electrons. The standard InChI is InChI=1S/C19H18BrFN2O2/c1-22-18(24)13-4-2-12(3-5-13)11-23(15-7-8-15)19(25)16-10-14(20)6-9-17(16)21/h2-6,9-10,15H,7-8,11H2,1H3,(H,22,24). The highest BCUT2D eigenvalue weighted by Gasteiger charge is 2.34. The lowest BCUT2D eigenvalue weighted by molar-refractivity contribution is 0.0724.